The van der Waals surface area contributed by atoms with Gasteiger partial charge in [0.15, 0.2) is 0 Å². The van der Waals surface area contributed by atoms with Crippen LogP contribution < -0.4 is 0 Å². The Balaban J connectivity index is 3.52. The van der Waals surface area contributed by atoms with Gasteiger partial charge in [-0.3, -0.25) is 0 Å². The van der Waals surface area contributed by atoms with Crippen molar-refractivity contribution in [2.75, 3.05) is 28.2 Å². The van der Waals surface area contributed by atoms with E-state index in [4.69, 9.17) is 0 Å². The van der Waals surface area contributed by atoms with E-state index in [1.54, 1.807) is 12.5 Å². The first-order valence-corrected chi connectivity index (χ1v) is 3.15. The third-order valence-electron chi connectivity index (χ3n) is 0.748. The Hall–Kier alpha value is -0.990. The maximum Gasteiger partial charge on any atom is 0.0900 e. The lowest BCUT2D eigenvalue weighted by Crippen LogP contribution is -2.07. The summed E-state index contributed by atoms with van der Waals surface area (Å²) in [6, 6.07) is 0. The number of nitrogens with zero attached hydrogens (tertiary/aromatic N) is 3. The predicted octanol–water partition coefficient (Wildman–Crippen LogP) is 0.609. The van der Waals surface area contributed by atoms with Gasteiger partial charge in [0.1, 0.15) is 0 Å². The highest BCUT2D eigenvalue weighted by molar-refractivity contribution is 5.54. The minimum absolute atomic E-state index is 1.75. The highest BCUT2D eigenvalue weighted by Crippen LogP contribution is 1.77. The fourth-order valence-corrected chi connectivity index (χ4v) is 0.344. The van der Waals surface area contributed by atoms with Gasteiger partial charge in [-0.25, -0.2) is 4.99 Å². The van der Waals surface area contributed by atoms with E-state index in [0.717, 1.165) is 0 Å². The molecule has 3 nitrogen and oxygen atoms in total. The zero-order chi connectivity index (χ0) is 7.98. The van der Waals surface area contributed by atoms with E-state index in [0.29, 0.717) is 0 Å². The Morgan fingerprint density at radius 3 is 2.00 bits per heavy atom. The van der Waals surface area contributed by atoms with Crippen LogP contribution in [0.1, 0.15) is 0 Å². The lowest BCUT2D eigenvalue weighted by Gasteiger charge is -2.02. The van der Waals surface area contributed by atoms with Crippen molar-refractivity contribution < 1.29 is 0 Å². The molecule has 58 valence electrons. The zero-order valence-corrected chi connectivity index (χ0v) is 7.07. The first-order valence-electron chi connectivity index (χ1n) is 3.15. The molecule has 0 aromatic heterocycles. The molecule has 0 unspecified atom stereocenters. The zero-order valence-electron chi connectivity index (χ0n) is 7.07. The van der Waals surface area contributed by atoms with Gasteiger partial charge in [0, 0.05) is 40.6 Å². The Morgan fingerprint density at radius 1 is 1.00 bits per heavy atom. The molecule has 3 heteroatoms. The molecule has 0 amide bonds. The summed E-state index contributed by atoms with van der Waals surface area (Å²) in [6.07, 6.45) is 5.39. The molecule has 0 atom stereocenters. The Morgan fingerprint density at radius 2 is 1.60 bits per heavy atom. The van der Waals surface area contributed by atoms with Crippen LogP contribution in [0.25, 0.3) is 0 Å². The Labute approximate surface area is 62.7 Å². The molecule has 0 rings (SSSR count). The summed E-state index contributed by atoms with van der Waals surface area (Å²) in [7, 11) is 7.80. The predicted molar refractivity (Wildman–Crippen MR) is 45.0 cm³/mol. The van der Waals surface area contributed by atoms with Crippen molar-refractivity contribution in [3.63, 3.8) is 0 Å². The molecule has 0 aromatic carbocycles. The smallest absolute Gasteiger partial charge is 0.0900 e. The van der Waals surface area contributed by atoms with Gasteiger partial charge in [0.25, 0.3) is 0 Å². The van der Waals surface area contributed by atoms with Crippen molar-refractivity contribution in [1.29, 1.82) is 0 Å². The van der Waals surface area contributed by atoms with Gasteiger partial charge < -0.3 is 9.80 Å². The number of hydrogen-bond donors (Lipinski definition) is 0. The van der Waals surface area contributed by atoms with Crippen molar-refractivity contribution in [2.24, 2.45) is 4.99 Å². The van der Waals surface area contributed by atoms with Gasteiger partial charge in [0.2, 0.25) is 0 Å². The minimum atomic E-state index is 1.75. The quantitative estimate of drug-likeness (QED) is 0.423. The van der Waals surface area contributed by atoms with Gasteiger partial charge in [-0.05, 0) is 0 Å². The van der Waals surface area contributed by atoms with Crippen LogP contribution in [-0.2, 0) is 0 Å². The number of aliphatic imine (C=N–C) groups is 1. The van der Waals surface area contributed by atoms with Gasteiger partial charge in [-0.1, -0.05) is 0 Å². The average molecular weight is 141 g/mol. The van der Waals surface area contributed by atoms with E-state index >= 15 is 0 Å². The van der Waals surface area contributed by atoms with Gasteiger partial charge in [-0.2, -0.15) is 0 Å². The van der Waals surface area contributed by atoms with Crippen LogP contribution in [0.4, 0.5) is 0 Å². The number of rotatable bonds is 3. The maximum absolute atomic E-state index is 3.99. The largest absolute Gasteiger partial charge is 0.382 e. The molecule has 0 spiro atoms. The molecule has 0 aliphatic carbocycles. The van der Waals surface area contributed by atoms with Crippen molar-refractivity contribution >= 4 is 6.34 Å². The Bertz CT molecular complexity index is 109. The summed E-state index contributed by atoms with van der Waals surface area (Å²) >= 11 is 0. The lowest BCUT2D eigenvalue weighted by molar-refractivity contribution is 0.562. The van der Waals surface area contributed by atoms with E-state index < -0.39 is 0 Å². The van der Waals surface area contributed by atoms with Crippen LogP contribution in [0.3, 0.4) is 0 Å². The highest BCUT2D eigenvalue weighted by Gasteiger charge is 1.73. The standard InChI is InChI=1S/C7H15N3/c1-9(2)6-5-8-7-10(3)4/h5-7H,1-4H3. The molecule has 0 bridgehead atoms. The molecule has 0 aliphatic rings. The van der Waals surface area contributed by atoms with E-state index in [1.807, 2.05) is 44.2 Å². The molecule has 0 aromatic rings. The normalized spacial score (nSPS) is 11.2. The highest BCUT2D eigenvalue weighted by atomic mass is 15.1. The second-order valence-corrected chi connectivity index (χ2v) is 2.49. The van der Waals surface area contributed by atoms with Gasteiger partial charge in [0.05, 0.1) is 6.34 Å². The fraction of sp³-hybridized carbons (Fsp3) is 0.571. The number of hydrogen-bond acceptors (Lipinski definition) is 2. The summed E-state index contributed by atoms with van der Waals surface area (Å²) < 4.78 is 0. The second-order valence-electron chi connectivity index (χ2n) is 2.49. The molecule has 0 saturated heterocycles. The fourth-order valence-electron chi connectivity index (χ4n) is 0.344. The minimum Gasteiger partial charge on any atom is -0.382 e. The van der Waals surface area contributed by atoms with Crippen LogP contribution in [0.5, 0.6) is 0 Å². The summed E-state index contributed by atoms with van der Waals surface area (Å²) in [6.45, 7) is 0. The van der Waals surface area contributed by atoms with E-state index in [-0.39, 0.29) is 0 Å². The van der Waals surface area contributed by atoms with Crippen LogP contribution in [0.15, 0.2) is 17.4 Å². The topological polar surface area (TPSA) is 18.8 Å². The summed E-state index contributed by atoms with van der Waals surface area (Å²) in [4.78, 5) is 7.82. The molecule has 0 N–H and O–H groups in total. The van der Waals surface area contributed by atoms with Crippen LogP contribution >= 0.6 is 0 Å². The van der Waals surface area contributed by atoms with Crippen LogP contribution in [0, 0.1) is 0 Å². The first kappa shape index (κ1) is 9.01. The van der Waals surface area contributed by atoms with Crippen LogP contribution in [0.2, 0.25) is 0 Å². The lowest BCUT2D eigenvalue weighted by atomic mass is 10.8. The second kappa shape index (κ2) is 4.85. The SMILES string of the molecule is CN(C)C=CN=CN(C)C. The van der Waals surface area contributed by atoms with Crippen LogP contribution in [-0.4, -0.2) is 44.3 Å². The van der Waals surface area contributed by atoms with Gasteiger partial charge >= 0.3 is 0 Å². The Kier molecular flexibility index (Phi) is 4.37. The molecular formula is C7H15N3. The molecule has 10 heavy (non-hydrogen) atoms. The molecule has 0 saturated carbocycles. The third kappa shape index (κ3) is 7.01. The molecule has 0 fully saturated rings. The maximum atomic E-state index is 3.99. The molecule has 0 radical (unpaired) electrons. The molecular weight excluding hydrogens is 126 g/mol. The summed E-state index contributed by atoms with van der Waals surface area (Å²) in [5.41, 5.74) is 0. The molecule has 0 aliphatic heterocycles. The van der Waals surface area contributed by atoms with E-state index in [9.17, 15) is 0 Å². The first-order chi connectivity index (χ1) is 4.63. The van der Waals surface area contributed by atoms with Crippen molar-refractivity contribution in [3.05, 3.63) is 12.4 Å². The van der Waals surface area contributed by atoms with E-state index in [1.165, 1.54) is 0 Å². The monoisotopic (exact) mass is 141 g/mol. The summed E-state index contributed by atoms with van der Waals surface area (Å²) in [5, 5.41) is 0. The van der Waals surface area contributed by atoms with E-state index in [2.05, 4.69) is 4.99 Å². The summed E-state index contributed by atoms with van der Waals surface area (Å²) in [5.74, 6) is 0. The third-order valence-corrected chi connectivity index (χ3v) is 0.748. The van der Waals surface area contributed by atoms with Crippen molar-refractivity contribution in [2.45, 2.75) is 0 Å². The van der Waals surface area contributed by atoms with Crippen molar-refractivity contribution in [3.8, 4) is 0 Å². The van der Waals surface area contributed by atoms with Gasteiger partial charge in [-0.15, -0.1) is 0 Å². The molecule has 0 heterocycles. The van der Waals surface area contributed by atoms with Crippen molar-refractivity contribution in [1.82, 2.24) is 9.80 Å². The average Bonchev–Trinajstić information content (AvgIpc) is 1.79.